The van der Waals surface area contributed by atoms with E-state index in [0.29, 0.717) is 5.69 Å². The molecule has 1 aliphatic carbocycles. The number of nitrogens with one attached hydrogen (secondary N) is 1. The highest BCUT2D eigenvalue weighted by Crippen LogP contribution is 2.39. The van der Waals surface area contributed by atoms with Crippen LogP contribution in [-0.2, 0) is 9.05 Å². The molecular weight excluding hydrogens is 304 g/mol. The number of aryl methyl sites for hydroxylation is 1. The van der Waals surface area contributed by atoms with Crippen LogP contribution in [0.1, 0.15) is 24.6 Å². The van der Waals surface area contributed by atoms with E-state index in [9.17, 15) is 13.2 Å². The molecule has 20 heavy (non-hydrogen) atoms. The summed E-state index contributed by atoms with van der Waals surface area (Å²) in [5, 5.41) is 7.15. The second kappa shape index (κ2) is 4.42. The van der Waals surface area contributed by atoms with Crippen LogP contribution in [-0.4, -0.2) is 28.2 Å². The van der Waals surface area contributed by atoms with Gasteiger partial charge in [0, 0.05) is 34.7 Å². The van der Waals surface area contributed by atoms with E-state index in [4.69, 9.17) is 10.7 Å². The van der Waals surface area contributed by atoms with Crippen LogP contribution in [0, 0.1) is 6.92 Å². The monoisotopic (exact) mass is 314 g/mol. The van der Waals surface area contributed by atoms with Crippen LogP contribution in [0.4, 0.5) is 0 Å². The van der Waals surface area contributed by atoms with Gasteiger partial charge < -0.3 is 4.98 Å². The van der Waals surface area contributed by atoms with E-state index >= 15 is 0 Å². The summed E-state index contributed by atoms with van der Waals surface area (Å²) < 4.78 is 24.5. The molecule has 7 nitrogen and oxygen atoms in total. The normalized spacial score (nSPS) is 15.5. The molecule has 1 N–H and O–H groups in total. The molecule has 0 unspecified atom stereocenters. The molecule has 2 heterocycles. The Bertz CT molecular complexity index is 836. The molecular formula is C11H11ClN4O3S. The van der Waals surface area contributed by atoms with Gasteiger partial charge in [0.15, 0.2) is 11.3 Å². The van der Waals surface area contributed by atoms with Crippen molar-refractivity contribution >= 4 is 19.7 Å². The fourth-order valence-corrected chi connectivity index (χ4v) is 2.96. The molecule has 9 heteroatoms. The number of nitrogens with zero attached hydrogens (tertiary/aromatic N) is 3. The van der Waals surface area contributed by atoms with Crippen molar-refractivity contribution in [3.8, 4) is 11.4 Å². The average molecular weight is 315 g/mol. The van der Waals surface area contributed by atoms with Gasteiger partial charge in [-0.05, 0) is 19.8 Å². The summed E-state index contributed by atoms with van der Waals surface area (Å²) in [5.74, 6) is 0.230. The molecule has 0 spiro atoms. The zero-order chi connectivity index (χ0) is 14.5. The van der Waals surface area contributed by atoms with E-state index in [-0.39, 0.29) is 28.0 Å². The van der Waals surface area contributed by atoms with Gasteiger partial charge in [-0.1, -0.05) is 0 Å². The van der Waals surface area contributed by atoms with Crippen molar-refractivity contribution in [2.75, 3.05) is 0 Å². The van der Waals surface area contributed by atoms with Gasteiger partial charge in [-0.25, -0.2) is 8.42 Å². The number of hydrogen-bond acceptors (Lipinski definition) is 5. The summed E-state index contributed by atoms with van der Waals surface area (Å²) in [6.45, 7) is 1.76. The molecule has 1 fully saturated rings. The molecule has 0 aliphatic heterocycles. The van der Waals surface area contributed by atoms with Crippen LogP contribution in [0.15, 0.2) is 22.2 Å². The van der Waals surface area contributed by atoms with Gasteiger partial charge in [-0.3, -0.25) is 9.36 Å². The SMILES string of the molecule is Cc1cc(=O)c(-c2nnc(S(=O)(=O)Cl)n2C2CC2)c[nH]1. The van der Waals surface area contributed by atoms with Crippen LogP contribution in [0.2, 0.25) is 0 Å². The smallest absolute Gasteiger partial charge is 0.296 e. The summed E-state index contributed by atoms with van der Waals surface area (Å²) in [6, 6.07) is 1.40. The third-order valence-electron chi connectivity index (χ3n) is 3.09. The Balaban J connectivity index is 2.25. The van der Waals surface area contributed by atoms with Gasteiger partial charge in [0.25, 0.3) is 14.2 Å². The number of halogens is 1. The molecule has 0 aromatic carbocycles. The van der Waals surface area contributed by atoms with Gasteiger partial charge in [-0.15, -0.1) is 10.2 Å². The van der Waals surface area contributed by atoms with Crippen LogP contribution < -0.4 is 5.43 Å². The van der Waals surface area contributed by atoms with Crippen LogP contribution >= 0.6 is 10.7 Å². The van der Waals surface area contributed by atoms with Crippen molar-refractivity contribution in [2.24, 2.45) is 0 Å². The molecule has 0 radical (unpaired) electrons. The van der Waals surface area contributed by atoms with E-state index in [0.717, 1.165) is 12.8 Å². The van der Waals surface area contributed by atoms with E-state index in [2.05, 4.69) is 15.2 Å². The lowest BCUT2D eigenvalue weighted by molar-refractivity contribution is 0.579. The van der Waals surface area contributed by atoms with Gasteiger partial charge >= 0.3 is 0 Å². The Morgan fingerprint density at radius 3 is 2.65 bits per heavy atom. The fraction of sp³-hybridized carbons (Fsp3) is 0.364. The first-order chi connectivity index (χ1) is 9.38. The molecule has 1 aliphatic rings. The minimum absolute atomic E-state index is 0.0239. The highest BCUT2D eigenvalue weighted by Gasteiger charge is 2.34. The maximum Gasteiger partial charge on any atom is 0.296 e. The average Bonchev–Trinajstić information content (AvgIpc) is 3.07. The minimum Gasteiger partial charge on any atom is -0.364 e. The number of hydrogen-bond donors (Lipinski definition) is 1. The number of H-pyrrole nitrogens is 1. The Morgan fingerprint density at radius 2 is 2.10 bits per heavy atom. The van der Waals surface area contributed by atoms with E-state index < -0.39 is 9.05 Å². The lowest BCUT2D eigenvalue weighted by Crippen LogP contribution is -2.11. The lowest BCUT2D eigenvalue weighted by Gasteiger charge is -2.06. The summed E-state index contributed by atoms with van der Waals surface area (Å²) >= 11 is 0. The van der Waals surface area contributed by atoms with Gasteiger partial charge in [-0.2, -0.15) is 0 Å². The number of pyridine rings is 1. The van der Waals surface area contributed by atoms with Crippen LogP contribution in [0.25, 0.3) is 11.4 Å². The topological polar surface area (TPSA) is 97.7 Å². The van der Waals surface area contributed by atoms with E-state index in [1.165, 1.54) is 16.8 Å². The largest absolute Gasteiger partial charge is 0.364 e. The quantitative estimate of drug-likeness (QED) is 0.859. The lowest BCUT2D eigenvalue weighted by atomic mass is 10.2. The van der Waals surface area contributed by atoms with Gasteiger partial charge in [0.05, 0.1) is 5.56 Å². The van der Waals surface area contributed by atoms with Crippen molar-refractivity contribution in [3.63, 3.8) is 0 Å². The van der Waals surface area contributed by atoms with Gasteiger partial charge in [0.2, 0.25) is 0 Å². The molecule has 0 amide bonds. The molecule has 0 bridgehead atoms. The molecule has 106 valence electrons. The Morgan fingerprint density at radius 1 is 1.40 bits per heavy atom. The molecule has 2 aromatic heterocycles. The summed E-state index contributed by atoms with van der Waals surface area (Å²) in [4.78, 5) is 14.9. The zero-order valence-electron chi connectivity index (χ0n) is 10.5. The molecule has 3 rings (SSSR count). The van der Waals surface area contributed by atoms with Crippen LogP contribution in [0.5, 0.6) is 0 Å². The Kier molecular flexibility index (Phi) is 2.94. The highest BCUT2D eigenvalue weighted by atomic mass is 35.7. The maximum atomic E-state index is 12.0. The first-order valence-electron chi connectivity index (χ1n) is 5.97. The number of aromatic amines is 1. The first kappa shape index (κ1) is 13.3. The zero-order valence-corrected chi connectivity index (χ0v) is 12.1. The predicted octanol–water partition coefficient (Wildman–Crippen LogP) is 1.20. The third-order valence-corrected chi connectivity index (χ3v) is 4.22. The second-order valence-electron chi connectivity index (χ2n) is 4.74. The molecule has 1 saturated carbocycles. The van der Waals surface area contributed by atoms with E-state index in [1.807, 2.05) is 0 Å². The van der Waals surface area contributed by atoms with Crippen molar-refractivity contribution in [1.29, 1.82) is 0 Å². The van der Waals surface area contributed by atoms with Crippen molar-refractivity contribution in [2.45, 2.75) is 31.0 Å². The standard InChI is InChI=1S/C11H11ClN4O3S/c1-6-4-9(17)8(5-13-6)10-14-15-11(20(12,18)19)16(10)7-2-3-7/h4-5,7H,2-3H2,1H3,(H,13,17). The minimum atomic E-state index is -4.00. The number of rotatable bonds is 3. The second-order valence-corrected chi connectivity index (χ2v) is 7.20. The number of aromatic nitrogens is 4. The van der Waals surface area contributed by atoms with Crippen molar-refractivity contribution < 1.29 is 8.42 Å². The highest BCUT2D eigenvalue weighted by molar-refractivity contribution is 8.13. The summed E-state index contributed by atoms with van der Waals surface area (Å²) in [5.41, 5.74) is 0.747. The fourth-order valence-electron chi connectivity index (χ4n) is 2.04. The Hall–Kier alpha value is -1.67. The van der Waals surface area contributed by atoms with Crippen LogP contribution in [0.3, 0.4) is 0 Å². The summed E-state index contributed by atoms with van der Waals surface area (Å²) in [6.07, 6.45) is 3.13. The van der Waals surface area contributed by atoms with Crippen molar-refractivity contribution in [3.05, 3.63) is 28.2 Å². The maximum absolute atomic E-state index is 12.0. The molecule has 2 aromatic rings. The summed E-state index contributed by atoms with van der Waals surface area (Å²) in [7, 11) is 1.37. The first-order valence-corrected chi connectivity index (χ1v) is 8.28. The Labute approximate surface area is 119 Å². The molecule has 0 atom stereocenters. The van der Waals surface area contributed by atoms with Crippen molar-refractivity contribution in [1.82, 2.24) is 19.7 Å². The van der Waals surface area contributed by atoms with E-state index in [1.54, 1.807) is 6.92 Å². The third kappa shape index (κ3) is 2.25. The van der Waals surface area contributed by atoms with Gasteiger partial charge in [0.1, 0.15) is 0 Å². The predicted molar refractivity (Wildman–Crippen MR) is 72.1 cm³/mol. The molecule has 0 saturated heterocycles.